The molecule has 102 valence electrons. The van der Waals surface area contributed by atoms with Crippen LogP contribution in [0.2, 0.25) is 0 Å². The zero-order valence-electron chi connectivity index (χ0n) is 10.4. The van der Waals surface area contributed by atoms with E-state index in [4.69, 9.17) is 9.84 Å². The highest BCUT2D eigenvalue weighted by Gasteiger charge is 2.53. The minimum atomic E-state index is -1.48. The number of aryl methyl sites for hydroxylation is 1. The molecule has 0 spiro atoms. The highest BCUT2D eigenvalue weighted by Crippen LogP contribution is 2.28. The first kappa shape index (κ1) is 13.5. The van der Waals surface area contributed by atoms with E-state index in [9.17, 15) is 14.0 Å². The Labute approximate surface area is 109 Å². The number of carbonyl (C=O) groups is 2. The number of carboxylic acids is 1. The van der Waals surface area contributed by atoms with Crippen LogP contribution < -0.4 is 5.32 Å². The van der Waals surface area contributed by atoms with Crippen molar-refractivity contribution < 1.29 is 23.8 Å². The number of rotatable bonds is 4. The van der Waals surface area contributed by atoms with Crippen LogP contribution in [0.25, 0.3) is 0 Å². The lowest BCUT2D eigenvalue weighted by atomic mass is 9.85. The van der Waals surface area contributed by atoms with Gasteiger partial charge < -0.3 is 15.2 Å². The normalized spacial score (nSPS) is 16.5. The summed E-state index contributed by atoms with van der Waals surface area (Å²) in [4.78, 5) is 22.9. The number of ether oxygens (including phenoxy) is 1. The molecule has 2 N–H and O–H groups in total. The van der Waals surface area contributed by atoms with E-state index >= 15 is 0 Å². The van der Waals surface area contributed by atoms with Gasteiger partial charge in [-0.05, 0) is 24.1 Å². The molecule has 0 atom stereocenters. The molecule has 19 heavy (non-hydrogen) atoms. The number of nitrogens with one attached hydrogen (secondary N) is 1. The first-order chi connectivity index (χ1) is 8.95. The fourth-order valence-corrected chi connectivity index (χ4v) is 1.83. The van der Waals surface area contributed by atoms with Crippen LogP contribution in [-0.4, -0.2) is 30.2 Å². The van der Waals surface area contributed by atoms with Gasteiger partial charge in [-0.15, -0.1) is 0 Å². The molecule has 0 radical (unpaired) electrons. The van der Waals surface area contributed by atoms with Gasteiger partial charge >= 0.3 is 5.97 Å². The van der Waals surface area contributed by atoms with E-state index in [2.05, 4.69) is 5.32 Å². The summed E-state index contributed by atoms with van der Waals surface area (Å²) in [7, 11) is 0. The quantitative estimate of drug-likeness (QED) is 0.793. The molecule has 1 heterocycles. The van der Waals surface area contributed by atoms with Gasteiger partial charge in [-0.2, -0.15) is 0 Å². The smallest absolute Gasteiger partial charge is 0.324 e. The number of hydrogen-bond donors (Lipinski definition) is 2. The zero-order chi connectivity index (χ0) is 14.0. The van der Waals surface area contributed by atoms with Crippen LogP contribution in [-0.2, 0) is 20.9 Å². The molecule has 5 nitrogen and oxygen atoms in total. The van der Waals surface area contributed by atoms with E-state index in [1.807, 2.05) is 0 Å². The van der Waals surface area contributed by atoms with Crippen LogP contribution in [0.15, 0.2) is 18.2 Å². The van der Waals surface area contributed by atoms with E-state index in [0.717, 1.165) is 0 Å². The summed E-state index contributed by atoms with van der Waals surface area (Å²) in [5, 5.41) is 11.6. The molecule has 2 rings (SSSR count). The van der Waals surface area contributed by atoms with Crippen molar-refractivity contribution in [2.24, 2.45) is 5.41 Å². The number of hydrogen-bond acceptors (Lipinski definition) is 3. The van der Waals surface area contributed by atoms with Crippen LogP contribution in [0.4, 0.5) is 4.39 Å². The van der Waals surface area contributed by atoms with Crippen LogP contribution in [0.5, 0.6) is 0 Å². The molecule has 0 bridgehead atoms. The fraction of sp³-hybridized carbons (Fsp3) is 0.385. The number of halogens is 1. The maximum atomic E-state index is 13.1. The third-order valence-corrected chi connectivity index (χ3v) is 3.22. The Kier molecular flexibility index (Phi) is 3.53. The first-order valence-corrected chi connectivity index (χ1v) is 5.80. The predicted octanol–water partition coefficient (Wildman–Crippen LogP) is 0.852. The van der Waals surface area contributed by atoms with Crippen molar-refractivity contribution >= 4 is 11.9 Å². The van der Waals surface area contributed by atoms with E-state index in [1.165, 1.54) is 6.07 Å². The van der Waals surface area contributed by atoms with E-state index in [-0.39, 0.29) is 25.6 Å². The number of amides is 1. The Balaban J connectivity index is 2.00. The molecule has 1 fully saturated rings. The second-order valence-corrected chi connectivity index (χ2v) is 4.65. The lowest BCUT2D eigenvalue weighted by Gasteiger charge is -2.35. The molecule has 1 aromatic rings. The van der Waals surface area contributed by atoms with Gasteiger partial charge in [-0.1, -0.05) is 12.1 Å². The SMILES string of the molecule is Cc1cc(CNC(=O)C2(C(=O)O)COC2)ccc1F. The molecule has 6 heteroatoms. The molecule has 0 aromatic heterocycles. The van der Waals surface area contributed by atoms with Crippen LogP contribution >= 0.6 is 0 Å². The van der Waals surface area contributed by atoms with Crippen molar-refractivity contribution in [2.75, 3.05) is 13.2 Å². The molecule has 1 aliphatic heterocycles. The fourth-order valence-electron chi connectivity index (χ4n) is 1.83. The lowest BCUT2D eigenvalue weighted by Crippen LogP contribution is -2.58. The third kappa shape index (κ3) is 2.44. The van der Waals surface area contributed by atoms with Gasteiger partial charge in [0.25, 0.3) is 0 Å². The number of aliphatic carboxylic acids is 1. The van der Waals surface area contributed by atoms with Crippen LogP contribution in [0, 0.1) is 18.2 Å². The summed E-state index contributed by atoms with van der Waals surface area (Å²) in [6, 6.07) is 4.48. The largest absolute Gasteiger partial charge is 0.480 e. The van der Waals surface area contributed by atoms with Crippen molar-refractivity contribution in [3.8, 4) is 0 Å². The van der Waals surface area contributed by atoms with E-state index in [1.54, 1.807) is 19.1 Å². The van der Waals surface area contributed by atoms with Crippen LogP contribution in [0.3, 0.4) is 0 Å². The van der Waals surface area contributed by atoms with Crippen molar-refractivity contribution in [2.45, 2.75) is 13.5 Å². The summed E-state index contributed by atoms with van der Waals surface area (Å²) < 4.78 is 17.9. The Morgan fingerprint density at radius 3 is 2.63 bits per heavy atom. The summed E-state index contributed by atoms with van der Waals surface area (Å²) in [6.45, 7) is 1.56. The van der Waals surface area contributed by atoms with Gasteiger partial charge in [0.2, 0.25) is 5.91 Å². The highest BCUT2D eigenvalue weighted by atomic mass is 19.1. The molecular formula is C13H14FNO4. The van der Waals surface area contributed by atoms with Crippen LogP contribution in [0.1, 0.15) is 11.1 Å². The summed E-state index contributed by atoms with van der Waals surface area (Å²) >= 11 is 0. The average molecular weight is 267 g/mol. The van der Waals surface area contributed by atoms with Crippen molar-refractivity contribution in [1.82, 2.24) is 5.32 Å². The summed E-state index contributed by atoms with van der Waals surface area (Å²) in [5.41, 5.74) is -0.283. The molecule has 1 aliphatic rings. The number of carbonyl (C=O) groups excluding carboxylic acids is 1. The first-order valence-electron chi connectivity index (χ1n) is 5.80. The van der Waals surface area contributed by atoms with Gasteiger partial charge in [0.1, 0.15) is 5.82 Å². The topological polar surface area (TPSA) is 75.6 Å². The Bertz CT molecular complexity index is 525. The van der Waals surface area contributed by atoms with Gasteiger partial charge in [0, 0.05) is 6.54 Å². The molecule has 0 aliphatic carbocycles. The second-order valence-electron chi connectivity index (χ2n) is 4.65. The zero-order valence-corrected chi connectivity index (χ0v) is 10.4. The van der Waals surface area contributed by atoms with Gasteiger partial charge in [0.15, 0.2) is 5.41 Å². The molecule has 0 saturated carbocycles. The maximum absolute atomic E-state index is 13.1. The Morgan fingerprint density at radius 1 is 1.47 bits per heavy atom. The van der Waals surface area contributed by atoms with Crippen molar-refractivity contribution in [3.05, 3.63) is 35.1 Å². The summed E-state index contributed by atoms with van der Waals surface area (Å²) in [5.74, 6) is -2.08. The maximum Gasteiger partial charge on any atom is 0.324 e. The molecule has 1 aromatic carbocycles. The predicted molar refractivity (Wildman–Crippen MR) is 63.9 cm³/mol. The van der Waals surface area contributed by atoms with Gasteiger partial charge in [-0.3, -0.25) is 9.59 Å². The third-order valence-electron chi connectivity index (χ3n) is 3.22. The molecule has 1 saturated heterocycles. The van der Waals surface area contributed by atoms with Crippen molar-refractivity contribution in [1.29, 1.82) is 0 Å². The second kappa shape index (κ2) is 4.97. The minimum absolute atomic E-state index is 0.114. The van der Waals surface area contributed by atoms with Gasteiger partial charge in [-0.25, -0.2) is 4.39 Å². The molecule has 0 unspecified atom stereocenters. The molecule has 1 amide bonds. The lowest BCUT2D eigenvalue weighted by molar-refractivity contribution is -0.185. The van der Waals surface area contributed by atoms with E-state index in [0.29, 0.717) is 11.1 Å². The number of benzene rings is 1. The van der Waals surface area contributed by atoms with E-state index < -0.39 is 17.3 Å². The monoisotopic (exact) mass is 267 g/mol. The Hall–Kier alpha value is -1.95. The Morgan fingerprint density at radius 2 is 2.16 bits per heavy atom. The highest BCUT2D eigenvalue weighted by molar-refractivity contribution is 6.03. The molecular weight excluding hydrogens is 253 g/mol. The average Bonchev–Trinajstić information content (AvgIpc) is 2.28. The van der Waals surface area contributed by atoms with Gasteiger partial charge in [0.05, 0.1) is 13.2 Å². The van der Waals surface area contributed by atoms with Crippen molar-refractivity contribution in [3.63, 3.8) is 0 Å². The minimum Gasteiger partial charge on any atom is -0.480 e. The standard InChI is InChI=1S/C13H14FNO4/c1-8-4-9(2-3-10(8)14)5-15-11(16)13(12(17)18)6-19-7-13/h2-4H,5-7H2,1H3,(H,15,16)(H,17,18). The summed E-state index contributed by atoms with van der Waals surface area (Å²) in [6.07, 6.45) is 0. The number of carboxylic acid groups (broad SMARTS) is 1.